The molecule has 0 radical (unpaired) electrons. The standard InChI is InChI=1S/C25H30N2O/c1-17(2)21-15-14-18(3)23-24(20-12-8-5-9-13-20)26-27(25(21)23)16-22(28)19-10-6-4-7-11-19/h4-13,17-18,21-22,28H,14-16H2,1-3H3/t18-,21+,22+/m1/s1. The Morgan fingerprint density at radius 3 is 2.29 bits per heavy atom. The predicted octanol–water partition coefficient (Wildman–Crippen LogP) is 5.92. The molecule has 0 spiro atoms. The number of aliphatic hydroxyl groups is 1. The highest BCUT2D eigenvalue weighted by Gasteiger charge is 2.34. The highest BCUT2D eigenvalue weighted by atomic mass is 16.3. The van der Waals surface area contributed by atoms with Gasteiger partial charge in [-0.25, -0.2) is 0 Å². The fourth-order valence-electron chi connectivity index (χ4n) is 4.62. The summed E-state index contributed by atoms with van der Waals surface area (Å²) in [6.45, 7) is 7.42. The molecule has 1 heterocycles. The summed E-state index contributed by atoms with van der Waals surface area (Å²) < 4.78 is 2.11. The van der Waals surface area contributed by atoms with E-state index in [9.17, 15) is 5.11 Å². The second kappa shape index (κ2) is 7.92. The molecule has 0 saturated heterocycles. The van der Waals surface area contributed by atoms with E-state index >= 15 is 0 Å². The topological polar surface area (TPSA) is 38.0 Å². The van der Waals surface area contributed by atoms with E-state index < -0.39 is 6.10 Å². The molecule has 0 unspecified atom stereocenters. The Bertz CT molecular complexity index is 914. The lowest BCUT2D eigenvalue weighted by molar-refractivity contribution is 0.148. The maximum absolute atomic E-state index is 10.9. The van der Waals surface area contributed by atoms with Crippen LogP contribution in [0.25, 0.3) is 11.3 Å². The smallest absolute Gasteiger partial charge is 0.0986 e. The molecule has 3 nitrogen and oxygen atoms in total. The monoisotopic (exact) mass is 374 g/mol. The Balaban J connectivity index is 1.81. The maximum atomic E-state index is 10.9. The van der Waals surface area contributed by atoms with Crippen molar-refractivity contribution in [2.24, 2.45) is 5.92 Å². The quantitative estimate of drug-likeness (QED) is 0.602. The molecule has 0 aliphatic heterocycles. The fraction of sp³-hybridized carbons (Fsp3) is 0.400. The van der Waals surface area contributed by atoms with Gasteiger partial charge in [0, 0.05) is 22.7 Å². The van der Waals surface area contributed by atoms with Crippen LogP contribution in [0.15, 0.2) is 60.7 Å². The van der Waals surface area contributed by atoms with Gasteiger partial charge >= 0.3 is 0 Å². The van der Waals surface area contributed by atoms with E-state index in [4.69, 9.17) is 5.10 Å². The van der Waals surface area contributed by atoms with Gasteiger partial charge in [-0.1, -0.05) is 81.4 Å². The van der Waals surface area contributed by atoms with Crippen LogP contribution in [0.1, 0.15) is 68.4 Å². The summed E-state index contributed by atoms with van der Waals surface area (Å²) >= 11 is 0. The Morgan fingerprint density at radius 2 is 1.64 bits per heavy atom. The molecular formula is C25H30N2O. The van der Waals surface area contributed by atoms with Gasteiger partial charge in [0.2, 0.25) is 0 Å². The number of nitrogens with zero attached hydrogens (tertiary/aromatic N) is 2. The summed E-state index contributed by atoms with van der Waals surface area (Å²) in [5.41, 5.74) is 5.92. The summed E-state index contributed by atoms with van der Waals surface area (Å²) in [7, 11) is 0. The first-order valence-corrected chi connectivity index (χ1v) is 10.4. The van der Waals surface area contributed by atoms with Crippen molar-refractivity contribution >= 4 is 0 Å². The number of hydrogen-bond acceptors (Lipinski definition) is 2. The molecule has 1 N–H and O–H groups in total. The highest BCUT2D eigenvalue weighted by Crippen LogP contribution is 2.46. The first kappa shape index (κ1) is 18.9. The van der Waals surface area contributed by atoms with Gasteiger partial charge in [-0.3, -0.25) is 4.68 Å². The Morgan fingerprint density at radius 1 is 1.00 bits per heavy atom. The van der Waals surface area contributed by atoms with Crippen LogP contribution in [-0.2, 0) is 6.54 Å². The number of aliphatic hydroxyl groups excluding tert-OH is 1. The normalized spacial score (nSPS) is 20.2. The largest absolute Gasteiger partial charge is 0.386 e. The lowest BCUT2D eigenvalue weighted by atomic mass is 9.75. The average molecular weight is 375 g/mol. The molecule has 1 aliphatic carbocycles. The van der Waals surface area contributed by atoms with E-state index in [2.05, 4.69) is 49.7 Å². The molecule has 1 aromatic heterocycles. The molecule has 1 aliphatic rings. The molecule has 28 heavy (non-hydrogen) atoms. The van der Waals surface area contributed by atoms with Gasteiger partial charge in [0.25, 0.3) is 0 Å². The van der Waals surface area contributed by atoms with Crippen molar-refractivity contribution in [1.82, 2.24) is 9.78 Å². The zero-order valence-electron chi connectivity index (χ0n) is 17.0. The van der Waals surface area contributed by atoms with Gasteiger partial charge in [-0.15, -0.1) is 0 Å². The van der Waals surface area contributed by atoms with Crippen LogP contribution in [-0.4, -0.2) is 14.9 Å². The van der Waals surface area contributed by atoms with Crippen molar-refractivity contribution in [3.8, 4) is 11.3 Å². The van der Waals surface area contributed by atoms with Gasteiger partial charge < -0.3 is 5.11 Å². The van der Waals surface area contributed by atoms with Crippen LogP contribution in [0.3, 0.4) is 0 Å². The lowest BCUT2D eigenvalue weighted by Crippen LogP contribution is -2.22. The first-order chi connectivity index (χ1) is 13.6. The molecule has 146 valence electrons. The third kappa shape index (κ3) is 3.51. The van der Waals surface area contributed by atoms with Crippen molar-refractivity contribution in [3.63, 3.8) is 0 Å². The van der Waals surface area contributed by atoms with Gasteiger partial charge in [0.05, 0.1) is 18.3 Å². The SMILES string of the molecule is CC(C)[C@@H]1CC[C@@H](C)c2c(-c3ccccc3)nn(C[C@H](O)c3ccccc3)c21. The van der Waals surface area contributed by atoms with Gasteiger partial charge in [-0.05, 0) is 30.2 Å². The first-order valence-electron chi connectivity index (χ1n) is 10.4. The molecule has 2 aromatic carbocycles. The minimum Gasteiger partial charge on any atom is -0.386 e. The Kier molecular flexibility index (Phi) is 5.36. The van der Waals surface area contributed by atoms with E-state index in [1.54, 1.807) is 0 Å². The minimum atomic E-state index is -0.557. The number of hydrogen-bond donors (Lipinski definition) is 1. The summed E-state index contributed by atoms with van der Waals surface area (Å²) in [6.07, 6.45) is 1.83. The molecule has 0 fully saturated rings. The van der Waals surface area contributed by atoms with Gasteiger partial charge in [0.1, 0.15) is 0 Å². The molecule has 4 rings (SSSR count). The van der Waals surface area contributed by atoms with Crippen molar-refractivity contribution in [2.45, 2.75) is 58.1 Å². The Hall–Kier alpha value is -2.39. The van der Waals surface area contributed by atoms with Crippen LogP contribution in [0.5, 0.6) is 0 Å². The zero-order valence-corrected chi connectivity index (χ0v) is 17.0. The van der Waals surface area contributed by atoms with Crippen LogP contribution in [0, 0.1) is 5.92 Å². The average Bonchev–Trinajstić information content (AvgIpc) is 3.09. The van der Waals surface area contributed by atoms with E-state index in [1.807, 2.05) is 36.4 Å². The highest BCUT2D eigenvalue weighted by molar-refractivity contribution is 5.65. The number of aromatic nitrogens is 2. The predicted molar refractivity (Wildman–Crippen MR) is 114 cm³/mol. The lowest BCUT2D eigenvalue weighted by Gasteiger charge is -2.31. The third-order valence-electron chi connectivity index (χ3n) is 6.17. The van der Waals surface area contributed by atoms with Crippen molar-refractivity contribution < 1.29 is 5.11 Å². The third-order valence-corrected chi connectivity index (χ3v) is 6.17. The van der Waals surface area contributed by atoms with Crippen molar-refractivity contribution in [3.05, 3.63) is 77.5 Å². The van der Waals surface area contributed by atoms with E-state index in [0.717, 1.165) is 11.3 Å². The maximum Gasteiger partial charge on any atom is 0.0986 e. The van der Waals surface area contributed by atoms with Crippen LogP contribution >= 0.6 is 0 Å². The van der Waals surface area contributed by atoms with E-state index in [1.165, 1.54) is 29.7 Å². The second-order valence-corrected chi connectivity index (χ2v) is 8.45. The number of rotatable bonds is 5. The summed E-state index contributed by atoms with van der Waals surface area (Å²) in [5, 5.41) is 16.0. The molecular weight excluding hydrogens is 344 g/mol. The summed E-state index contributed by atoms with van der Waals surface area (Å²) in [6, 6.07) is 20.4. The molecule has 3 heteroatoms. The molecule has 3 aromatic rings. The van der Waals surface area contributed by atoms with E-state index in [-0.39, 0.29) is 0 Å². The van der Waals surface area contributed by atoms with E-state index in [0.29, 0.717) is 24.3 Å². The number of fused-ring (bicyclic) bond motifs is 1. The fourth-order valence-corrected chi connectivity index (χ4v) is 4.62. The van der Waals surface area contributed by atoms with Crippen LogP contribution in [0.2, 0.25) is 0 Å². The van der Waals surface area contributed by atoms with Crippen molar-refractivity contribution in [2.75, 3.05) is 0 Å². The van der Waals surface area contributed by atoms with Crippen LogP contribution in [0.4, 0.5) is 0 Å². The molecule has 3 atom stereocenters. The zero-order chi connectivity index (χ0) is 19.7. The van der Waals surface area contributed by atoms with Crippen LogP contribution < -0.4 is 0 Å². The second-order valence-electron chi connectivity index (χ2n) is 8.45. The minimum absolute atomic E-state index is 0.485. The van der Waals surface area contributed by atoms with Crippen molar-refractivity contribution in [1.29, 1.82) is 0 Å². The Labute approximate surface area is 168 Å². The number of benzene rings is 2. The molecule has 0 bridgehead atoms. The van der Waals surface area contributed by atoms with Gasteiger partial charge in [0.15, 0.2) is 0 Å². The van der Waals surface area contributed by atoms with Gasteiger partial charge in [-0.2, -0.15) is 5.10 Å². The molecule has 0 saturated carbocycles. The summed E-state index contributed by atoms with van der Waals surface area (Å²) in [5.74, 6) is 1.53. The summed E-state index contributed by atoms with van der Waals surface area (Å²) in [4.78, 5) is 0. The molecule has 0 amide bonds.